The van der Waals surface area contributed by atoms with Crippen molar-refractivity contribution in [3.63, 3.8) is 0 Å². The molecule has 0 amide bonds. The Bertz CT molecular complexity index is 479. The Morgan fingerprint density at radius 1 is 1.50 bits per heavy atom. The number of aromatic nitrogens is 2. The molecule has 2 atom stereocenters. The molecule has 20 heavy (non-hydrogen) atoms. The van der Waals surface area contributed by atoms with Crippen LogP contribution in [0.4, 0.5) is 5.82 Å². The Kier molecular flexibility index (Phi) is 4.76. The van der Waals surface area contributed by atoms with Crippen molar-refractivity contribution in [1.29, 1.82) is 0 Å². The van der Waals surface area contributed by atoms with Crippen molar-refractivity contribution in [2.45, 2.75) is 45.6 Å². The van der Waals surface area contributed by atoms with Crippen LogP contribution in [-0.2, 0) is 4.79 Å². The molecule has 1 heterocycles. The van der Waals surface area contributed by atoms with E-state index in [1.807, 2.05) is 13.8 Å². The lowest BCUT2D eigenvalue weighted by Gasteiger charge is -2.27. The number of aliphatic carboxylic acids is 1. The summed E-state index contributed by atoms with van der Waals surface area (Å²) in [5, 5.41) is 12.4. The lowest BCUT2D eigenvalue weighted by Crippen LogP contribution is -2.31. The molecule has 0 aliphatic heterocycles. The third-order valence-corrected chi connectivity index (χ3v) is 3.48. The third kappa shape index (κ3) is 3.82. The van der Waals surface area contributed by atoms with E-state index < -0.39 is 5.97 Å². The summed E-state index contributed by atoms with van der Waals surface area (Å²) in [5.74, 6) is 0.940. The van der Waals surface area contributed by atoms with E-state index >= 15 is 0 Å². The zero-order chi connectivity index (χ0) is 14.5. The molecule has 2 unspecified atom stereocenters. The minimum atomic E-state index is -0.703. The Balaban J connectivity index is 2.03. The van der Waals surface area contributed by atoms with E-state index in [1.54, 1.807) is 6.07 Å². The molecule has 0 spiro atoms. The summed E-state index contributed by atoms with van der Waals surface area (Å²) in [5.41, 5.74) is 0. The highest BCUT2D eigenvalue weighted by Gasteiger charge is 2.27. The maximum absolute atomic E-state index is 11.1. The summed E-state index contributed by atoms with van der Waals surface area (Å²) in [6.45, 7) is 4.28. The first-order valence-corrected chi connectivity index (χ1v) is 7.06. The third-order valence-electron chi connectivity index (χ3n) is 3.48. The molecule has 0 aromatic carbocycles. The number of hydrogen-bond acceptors (Lipinski definition) is 5. The Morgan fingerprint density at radius 2 is 2.30 bits per heavy atom. The van der Waals surface area contributed by atoms with Crippen LogP contribution < -0.4 is 10.1 Å². The summed E-state index contributed by atoms with van der Waals surface area (Å²) in [6, 6.07) is 1.91. The molecule has 1 aromatic heterocycles. The van der Waals surface area contributed by atoms with Crippen LogP contribution in [0.25, 0.3) is 0 Å². The second-order valence-corrected chi connectivity index (χ2v) is 5.11. The number of nitrogens with one attached hydrogen (secondary N) is 1. The average Bonchev–Trinajstić information content (AvgIpc) is 2.38. The SMILES string of the molecule is CCOc1cc(NC2CCCC(C(=O)O)C2)nc(C)n1. The van der Waals surface area contributed by atoms with E-state index in [2.05, 4.69) is 15.3 Å². The van der Waals surface area contributed by atoms with Crippen LogP contribution in [0, 0.1) is 12.8 Å². The Morgan fingerprint density at radius 3 is 3.00 bits per heavy atom. The predicted octanol–water partition coefficient (Wildman–Crippen LogP) is 2.24. The lowest BCUT2D eigenvalue weighted by atomic mass is 9.86. The maximum Gasteiger partial charge on any atom is 0.306 e. The Hall–Kier alpha value is -1.85. The molecule has 6 nitrogen and oxygen atoms in total. The van der Waals surface area contributed by atoms with E-state index in [0.717, 1.165) is 19.3 Å². The van der Waals surface area contributed by atoms with Crippen LogP contribution in [0.1, 0.15) is 38.4 Å². The lowest BCUT2D eigenvalue weighted by molar-refractivity contribution is -0.142. The monoisotopic (exact) mass is 279 g/mol. The molecule has 2 rings (SSSR count). The molecule has 110 valence electrons. The summed E-state index contributed by atoms with van der Waals surface area (Å²) in [4.78, 5) is 19.6. The summed E-state index contributed by atoms with van der Waals surface area (Å²) >= 11 is 0. The van der Waals surface area contributed by atoms with Gasteiger partial charge in [0.2, 0.25) is 5.88 Å². The number of rotatable bonds is 5. The first kappa shape index (κ1) is 14.6. The quantitative estimate of drug-likeness (QED) is 0.860. The Labute approximate surface area is 118 Å². The van der Waals surface area contributed by atoms with Crippen LogP contribution in [0.15, 0.2) is 6.07 Å². The van der Waals surface area contributed by atoms with Crippen molar-refractivity contribution in [2.24, 2.45) is 5.92 Å². The first-order chi connectivity index (χ1) is 9.58. The minimum Gasteiger partial charge on any atom is -0.481 e. The molecule has 1 aliphatic rings. The van der Waals surface area contributed by atoms with Crippen molar-refractivity contribution in [3.8, 4) is 5.88 Å². The first-order valence-electron chi connectivity index (χ1n) is 7.06. The highest BCUT2D eigenvalue weighted by atomic mass is 16.5. The van der Waals surface area contributed by atoms with Crippen LogP contribution in [0.5, 0.6) is 5.88 Å². The molecule has 1 aliphatic carbocycles. The molecule has 0 saturated heterocycles. The number of anilines is 1. The van der Waals surface area contributed by atoms with Crippen molar-refractivity contribution in [2.75, 3.05) is 11.9 Å². The molecule has 6 heteroatoms. The van der Waals surface area contributed by atoms with Crippen molar-refractivity contribution in [1.82, 2.24) is 9.97 Å². The number of hydrogen-bond donors (Lipinski definition) is 2. The van der Waals surface area contributed by atoms with Gasteiger partial charge in [-0.1, -0.05) is 6.42 Å². The number of carbonyl (C=O) groups is 1. The fraction of sp³-hybridized carbons (Fsp3) is 0.643. The standard InChI is InChI=1S/C14H21N3O3/c1-3-20-13-8-12(15-9(2)16-13)17-11-6-4-5-10(7-11)14(18)19/h8,10-11H,3-7H2,1-2H3,(H,18,19)(H,15,16,17). The summed E-state index contributed by atoms with van der Waals surface area (Å²) < 4.78 is 5.39. The van der Waals surface area contributed by atoms with Gasteiger partial charge in [-0.05, 0) is 33.1 Å². The summed E-state index contributed by atoms with van der Waals surface area (Å²) in [6.07, 6.45) is 3.30. The van der Waals surface area contributed by atoms with E-state index in [1.165, 1.54) is 0 Å². The number of aryl methyl sites for hydroxylation is 1. The number of ether oxygens (including phenoxy) is 1. The summed E-state index contributed by atoms with van der Waals surface area (Å²) in [7, 11) is 0. The van der Waals surface area contributed by atoms with Crippen LogP contribution in [0.2, 0.25) is 0 Å². The van der Waals surface area contributed by atoms with Gasteiger partial charge < -0.3 is 15.2 Å². The van der Waals surface area contributed by atoms with Gasteiger partial charge in [0.1, 0.15) is 11.6 Å². The molecular formula is C14H21N3O3. The van der Waals surface area contributed by atoms with E-state index in [9.17, 15) is 4.79 Å². The zero-order valence-corrected chi connectivity index (χ0v) is 11.9. The van der Waals surface area contributed by atoms with E-state index in [4.69, 9.17) is 9.84 Å². The molecule has 1 aromatic rings. The van der Waals surface area contributed by atoms with E-state index in [0.29, 0.717) is 30.5 Å². The highest BCUT2D eigenvalue weighted by molar-refractivity contribution is 5.70. The second-order valence-electron chi connectivity index (χ2n) is 5.11. The van der Waals surface area contributed by atoms with Gasteiger partial charge >= 0.3 is 5.97 Å². The number of nitrogens with zero attached hydrogens (tertiary/aromatic N) is 2. The molecular weight excluding hydrogens is 258 g/mol. The smallest absolute Gasteiger partial charge is 0.306 e. The fourth-order valence-electron chi connectivity index (χ4n) is 2.59. The normalized spacial score (nSPS) is 22.3. The predicted molar refractivity (Wildman–Crippen MR) is 74.9 cm³/mol. The topological polar surface area (TPSA) is 84.3 Å². The van der Waals surface area contributed by atoms with Gasteiger partial charge in [-0.3, -0.25) is 4.79 Å². The van der Waals surface area contributed by atoms with Gasteiger partial charge in [0.05, 0.1) is 12.5 Å². The van der Waals surface area contributed by atoms with Gasteiger partial charge in [0, 0.05) is 12.1 Å². The molecule has 1 saturated carbocycles. The second kappa shape index (κ2) is 6.54. The maximum atomic E-state index is 11.1. The van der Waals surface area contributed by atoms with Gasteiger partial charge in [-0.25, -0.2) is 4.98 Å². The zero-order valence-electron chi connectivity index (χ0n) is 11.9. The van der Waals surface area contributed by atoms with Crippen molar-refractivity contribution in [3.05, 3.63) is 11.9 Å². The van der Waals surface area contributed by atoms with Gasteiger partial charge in [-0.2, -0.15) is 4.98 Å². The molecule has 2 N–H and O–H groups in total. The molecule has 1 fully saturated rings. The van der Waals surface area contributed by atoms with Gasteiger partial charge in [0.15, 0.2) is 0 Å². The minimum absolute atomic E-state index is 0.147. The number of carboxylic acid groups (broad SMARTS) is 1. The van der Waals surface area contributed by atoms with Crippen LogP contribution in [-0.4, -0.2) is 33.7 Å². The van der Waals surface area contributed by atoms with Crippen LogP contribution >= 0.6 is 0 Å². The largest absolute Gasteiger partial charge is 0.481 e. The van der Waals surface area contributed by atoms with Crippen molar-refractivity contribution >= 4 is 11.8 Å². The highest BCUT2D eigenvalue weighted by Crippen LogP contribution is 2.27. The molecule has 0 bridgehead atoms. The van der Waals surface area contributed by atoms with Crippen molar-refractivity contribution < 1.29 is 14.6 Å². The average molecular weight is 279 g/mol. The molecule has 0 radical (unpaired) electrons. The van der Waals surface area contributed by atoms with Gasteiger partial charge in [0.25, 0.3) is 0 Å². The fourth-order valence-corrected chi connectivity index (χ4v) is 2.59. The van der Waals surface area contributed by atoms with Gasteiger partial charge in [-0.15, -0.1) is 0 Å². The van der Waals surface area contributed by atoms with E-state index in [-0.39, 0.29) is 12.0 Å². The van der Waals surface area contributed by atoms with Crippen LogP contribution in [0.3, 0.4) is 0 Å². The number of carboxylic acids is 1.